The second-order valence-corrected chi connectivity index (χ2v) is 7.56. The Morgan fingerprint density at radius 2 is 2.11 bits per heavy atom. The molecule has 2 aliphatic rings. The minimum atomic E-state index is -0.162. The summed E-state index contributed by atoms with van der Waals surface area (Å²) in [4.78, 5) is 9.08. The van der Waals surface area contributed by atoms with Gasteiger partial charge in [0.1, 0.15) is 5.82 Å². The van der Waals surface area contributed by atoms with Crippen molar-refractivity contribution in [3.63, 3.8) is 0 Å². The largest absolute Gasteiger partial charge is 0.393 e. The van der Waals surface area contributed by atoms with Crippen LogP contribution in [0.4, 0.5) is 11.8 Å². The van der Waals surface area contributed by atoms with Crippen LogP contribution in [0.25, 0.3) is 11.3 Å². The second-order valence-electron chi connectivity index (χ2n) is 7.56. The van der Waals surface area contributed by atoms with E-state index in [1.807, 2.05) is 24.0 Å². The van der Waals surface area contributed by atoms with Crippen LogP contribution in [0, 0.1) is 5.92 Å². The molecule has 8 nitrogen and oxygen atoms in total. The van der Waals surface area contributed by atoms with Crippen LogP contribution in [0.3, 0.4) is 0 Å². The topological polar surface area (TPSA) is 97.1 Å². The number of aryl methyl sites for hydroxylation is 1. The second kappa shape index (κ2) is 8.22. The quantitative estimate of drug-likeness (QED) is 0.714. The molecular weight excluding hydrogens is 344 g/mol. The summed E-state index contributed by atoms with van der Waals surface area (Å²) < 4.78 is 7.31. The van der Waals surface area contributed by atoms with Crippen molar-refractivity contribution in [2.45, 2.75) is 44.2 Å². The van der Waals surface area contributed by atoms with E-state index in [4.69, 9.17) is 9.72 Å². The van der Waals surface area contributed by atoms with Crippen LogP contribution in [0.15, 0.2) is 18.5 Å². The fourth-order valence-corrected chi connectivity index (χ4v) is 3.80. The monoisotopic (exact) mass is 372 g/mol. The summed E-state index contributed by atoms with van der Waals surface area (Å²) in [5.74, 6) is 2.14. The van der Waals surface area contributed by atoms with Crippen molar-refractivity contribution in [2.75, 3.05) is 30.4 Å². The third kappa shape index (κ3) is 4.39. The number of aliphatic hydroxyl groups excluding tert-OH is 1. The zero-order valence-corrected chi connectivity index (χ0v) is 15.8. The molecular formula is C19H28N6O2. The normalized spacial score (nSPS) is 25.5. The standard InChI is InChI=1S/C19H28N6O2/c1-25-18(21-10-13-7-9-27-12-13)16(11-22-25)17-6-8-20-19(24-17)23-14-2-4-15(26)5-3-14/h6,8,11,13-15,21,26H,2-5,7,9-10,12H2,1H3,(H,20,23,24). The number of aliphatic hydroxyl groups is 1. The zero-order valence-electron chi connectivity index (χ0n) is 15.8. The molecule has 1 saturated carbocycles. The van der Waals surface area contributed by atoms with Crippen LogP contribution in [0.5, 0.6) is 0 Å². The van der Waals surface area contributed by atoms with Gasteiger partial charge in [-0.3, -0.25) is 4.68 Å². The number of nitrogens with zero attached hydrogens (tertiary/aromatic N) is 4. The van der Waals surface area contributed by atoms with Gasteiger partial charge in [0, 0.05) is 38.4 Å². The molecule has 1 unspecified atom stereocenters. The Morgan fingerprint density at radius 3 is 2.89 bits per heavy atom. The van der Waals surface area contributed by atoms with Gasteiger partial charge in [-0.1, -0.05) is 0 Å². The van der Waals surface area contributed by atoms with Gasteiger partial charge in [-0.15, -0.1) is 0 Å². The van der Waals surface area contributed by atoms with Crippen LogP contribution in [-0.4, -0.2) is 56.8 Å². The van der Waals surface area contributed by atoms with Gasteiger partial charge in [0.2, 0.25) is 5.95 Å². The first-order chi connectivity index (χ1) is 13.2. The van der Waals surface area contributed by atoms with E-state index in [2.05, 4.69) is 20.7 Å². The molecule has 1 aliphatic carbocycles. The highest BCUT2D eigenvalue weighted by Crippen LogP contribution is 2.28. The van der Waals surface area contributed by atoms with Crippen LogP contribution in [-0.2, 0) is 11.8 Å². The number of ether oxygens (including phenoxy) is 1. The maximum absolute atomic E-state index is 9.66. The summed E-state index contributed by atoms with van der Waals surface area (Å²) in [5, 5.41) is 21.0. The molecule has 3 heterocycles. The summed E-state index contributed by atoms with van der Waals surface area (Å²) >= 11 is 0. The minimum Gasteiger partial charge on any atom is -0.393 e. The smallest absolute Gasteiger partial charge is 0.223 e. The van der Waals surface area contributed by atoms with E-state index in [1.54, 1.807) is 6.20 Å². The maximum Gasteiger partial charge on any atom is 0.223 e. The number of hydrogen-bond donors (Lipinski definition) is 3. The first-order valence-electron chi connectivity index (χ1n) is 9.80. The van der Waals surface area contributed by atoms with Crippen LogP contribution < -0.4 is 10.6 Å². The molecule has 3 N–H and O–H groups in total. The van der Waals surface area contributed by atoms with Gasteiger partial charge in [-0.2, -0.15) is 5.10 Å². The van der Waals surface area contributed by atoms with Crippen molar-refractivity contribution in [2.24, 2.45) is 13.0 Å². The summed E-state index contributed by atoms with van der Waals surface area (Å²) in [5.41, 5.74) is 1.82. The van der Waals surface area contributed by atoms with Crippen molar-refractivity contribution in [3.05, 3.63) is 18.5 Å². The first-order valence-corrected chi connectivity index (χ1v) is 9.80. The Morgan fingerprint density at radius 1 is 1.26 bits per heavy atom. The van der Waals surface area contributed by atoms with Gasteiger partial charge in [-0.05, 0) is 38.2 Å². The molecule has 4 rings (SSSR count). The Labute approximate surface area is 159 Å². The van der Waals surface area contributed by atoms with Crippen LogP contribution in [0.1, 0.15) is 32.1 Å². The predicted molar refractivity (Wildman–Crippen MR) is 104 cm³/mol. The van der Waals surface area contributed by atoms with Crippen LogP contribution >= 0.6 is 0 Å². The van der Waals surface area contributed by atoms with E-state index in [0.717, 1.165) is 68.9 Å². The summed E-state index contributed by atoms with van der Waals surface area (Å²) in [7, 11) is 1.94. The lowest BCUT2D eigenvalue weighted by atomic mass is 9.93. The Balaban J connectivity index is 1.46. The molecule has 1 aliphatic heterocycles. The molecule has 2 fully saturated rings. The Bertz CT molecular complexity index is 750. The van der Waals surface area contributed by atoms with Gasteiger partial charge >= 0.3 is 0 Å². The number of anilines is 2. The summed E-state index contributed by atoms with van der Waals surface area (Å²) in [6.07, 6.45) is 8.11. The molecule has 1 atom stereocenters. The van der Waals surface area contributed by atoms with E-state index >= 15 is 0 Å². The highest BCUT2D eigenvalue weighted by atomic mass is 16.5. The SMILES string of the molecule is Cn1ncc(-c2ccnc(NC3CCC(O)CC3)n2)c1NCC1CCOC1. The lowest BCUT2D eigenvalue weighted by molar-refractivity contribution is 0.126. The average molecular weight is 372 g/mol. The Kier molecular flexibility index (Phi) is 5.54. The summed E-state index contributed by atoms with van der Waals surface area (Å²) in [6, 6.07) is 2.23. The number of aromatic nitrogens is 4. The van der Waals surface area contributed by atoms with Gasteiger partial charge < -0.3 is 20.5 Å². The maximum atomic E-state index is 9.66. The third-order valence-corrected chi connectivity index (χ3v) is 5.48. The molecule has 0 aromatic carbocycles. The predicted octanol–water partition coefficient (Wildman–Crippen LogP) is 2.04. The van der Waals surface area contributed by atoms with Crippen molar-refractivity contribution >= 4 is 11.8 Å². The molecule has 0 spiro atoms. The van der Waals surface area contributed by atoms with Crippen molar-refractivity contribution in [3.8, 4) is 11.3 Å². The number of rotatable bonds is 6. The van der Waals surface area contributed by atoms with Gasteiger partial charge in [-0.25, -0.2) is 9.97 Å². The van der Waals surface area contributed by atoms with E-state index in [1.165, 1.54) is 0 Å². The van der Waals surface area contributed by atoms with Crippen molar-refractivity contribution in [1.82, 2.24) is 19.7 Å². The van der Waals surface area contributed by atoms with E-state index in [0.29, 0.717) is 17.9 Å². The lowest BCUT2D eigenvalue weighted by Gasteiger charge is -2.26. The molecule has 0 radical (unpaired) electrons. The highest BCUT2D eigenvalue weighted by molar-refractivity contribution is 5.72. The highest BCUT2D eigenvalue weighted by Gasteiger charge is 2.21. The van der Waals surface area contributed by atoms with Crippen LogP contribution in [0.2, 0.25) is 0 Å². The van der Waals surface area contributed by atoms with E-state index in [-0.39, 0.29) is 6.10 Å². The first kappa shape index (κ1) is 18.2. The molecule has 2 aromatic rings. The fourth-order valence-electron chi connectivity index (χ4n) is 3.80. The molecule has 1 saturated heterocycles. The van der Waals surface area contributed by atoms with E-state index in [9.17, 15) is 5.11 Å². The lowest BCUT2D eigenvalue weighted by Crippen LogP contribution is -2.28. The Hall–Kier alpha value is -2.19. The molecule has 2 aromatic heterocycles. The number of nitrogens with one attached hydrogen (secondary N) is 2. The van der Waals surface area contributed by atoms with Crippen molar-refractivity contribution < 1.29 is 9.84 Å². The van der Waals surface area contributed by atoms with Gasteiger partial charge in [0.25, 0.3) is 0 Å². The molecule has 27 heavy (non-hydrogen) atoms. The molecule has 8 heteroatoms. The summed E-state index contributed by atoms with van der Waals surface area (Å²) in [6.45, 7) is 2.54. The van der Waals surface area contributed by atoms with Crippen molar-refractivity contribution in [1.29, 1.82) is 0 Å². The number of hydrogen-bond acceptors (Lipinski definition) is 7. The van der Waals surface area contributed by atoms with E-state index < -0.39 is 0 Å². The molecule has 146 valence electrons. The average Bonchev–Trinajstić information content (AvgIpc) is 3.32. The molecule has 0 amide bonds. The molecule has 0 bridgehead atoms. The minimum absolute atomic E-state index is 0.162. The van der Waals surface area contributed by atoms with Gasteiger partial charge in [0.15, 0.2) is 0 Å². The third-order valence-electron chi connectivity index (χ3n) is 5.48. The van der Waals surface area contributed by atoms with Gasteiger partial charge in [0.05, 0.1) is 30.2 Å². The zero-order chi connectivity index (χ0) is 18.6. The fraction of sp³-hybridized carbons (Fsp3) is 0.632.